The average Bonchev–Trinajstić information content (AvgIpc) is 2.04. The predicted molar refractivity (Wildman–Crippen MR) is 42.4 cm³/mol. The molecule has 1 aromatic rings. The maximum Gasteiger partial charge on any atom is 0.272 e. The summed E-state index contributed by atoms with van der Waals surface area (Å²) in [7, 11) is 0. The normalized spacial score (nSPS) is 9.83. The topological polar surface area (TPSA) is 43.1 Å². The lowest BCUT2D eigenvalue weighted by atomic mass is 10.1. The standard InChI is InChI=1S/C8H8FNO2/c1-2-6-3-4-7(10(11)12)5-8(6)9/h3-5H,2H2,1H3. The molecule has 12 heavy (non-hydrogen) atoms. The Morgan fingerprint density at radius 2 is 2.25 bits per heavy atom. The number of nitro groups is 1. The van der Waals surface area contributed by atoms with Crippen LogP contribution in [0.3, 0.4) is 0 Å². The Hall–Kier alpha value is -1.45. The molecule has 0 aliphatic carbocycles. The number of hydrogen-bond donors (Lipinski definition) is 0. The summed E-state index contributed by atoms with van der Waals surface area (Å²) in [5.41, 5.74) is 0.297. The predicted octanol–water partition coefficient (Wildman–Crippen LogP) is 2.30. The minimum atomic E-state index is -0.609. The van der Waals surface area contributed by atoms with Crippen LogP contribution < -0.4 is 0 Å². The van der Waals surface area contributed by atoms with E-state index in [9.17, 15) is 14.5 Å². The van der Waals surface area contributed by atoms with Crippen LogP contribution in [0.5, 0.6) is 0 Å². The van der Waals surface area contributed by atoms with Gasteiger partial charge in [-0.05, 0) is 18.1 Å². The third-order valence-corrected chi connectivity index (χ3v) is 1.63. The summed E-state index contributed by atoms with van der Waals surface area (Å²) in [4.78, 5) is 9.58. The van der Waals surface area contributed by atoms with Crippen LogP contribution in [0.25, 0.3) is 0 Å². The fourth-order valence-electron chi connectivity index (χ4n) is 0.937. The number of nitro benzene ring substituents is 1. The van der Waals surface area contributed by atoms with Gasteiger partial charge in [0.15, 0.2) is 0 Å². The largest absolute Gasteiger partial charge is 0.272 e. The van der Waals surface area contributed by atoms with E-state index in [-0.39, 0.29) is 5.69 Å². The third kappa shape index (κ3) is 1.58. The summed E-state index contributed by atoms with van der Waals surface area (Å²) >= 11 is 0. The Morgan fingerprint density at radius 1 is 1.58 bits per heavy atom. The zero-order valence-electron chi connectivity index (χ0n) is 6.58. The smallest absolute Gasteiger partial charge is 0.258 e. The fourth-order valence-corrected chi connectivity index (χ4v) is 0.937. The molecule has 0 unspecified atom stereocenters. The van der Waals surface area contributed by atoms with Crippen LogP contribution in [0.2, 0.25) is 0 Å². The highest BCUT2D eigenvalue weighted by molar-refractivity contribution is 5.34. The molecule has 0 aliphatic heterocycles. The molecule has 0 saturated heterocycles. The second kappa shape index (κ2) is 3.30. The van der Waals surface area contributed by atoms with Gasteiger partial charge < -0.3 is 0 Å². The van der Waals surface area contributed by atoms with Gasteiger partial charge in [-0.2, -0.15) is 0 Å². The van der Waals surface area contributed by atoms with Crippen molar-refractivity contribution in [2.24, 2.45) is 0 Å². The van der Waals surface area contributed by atoms with Crippen molar-refractivity contribution in [1.29, 1.82) is 0 Å². The third-order valence-electron chi connectivity index (χ3n) is 1.63. The van der Waals surface area contributed by atoms with Crippen molar-refractivity contribution in [2.45, 2.75) is 13.3 Å². The first-order valence-electron chi connectivity index (χ1n) is 3.58. The Labute approximate surface area is 69.0 Å². The molecule has 0 radical (unpaired) electrons. The van der Waals surface area contributed by atoms with E-state index in [4.69, 9.17) is 0 Å². The maximum atomic E-state index is 12.9. The van der Waals surface area contributed by atoms with Crippen LogP contribution in [-0.2, 0) is 6.42 Å². The Bertz CT molecular complexity index is 312. The molecule has 0 aliphatic rings. The Balaban J connectivity index is 3.10. The summed E-state index contributed by atoms with van der Waals surface area (Å²) in [6.07, 6.45) is 0.545. The number of benzene rings is 1. The van der Waals surface area contributed by atoms with E-state index >= 15 is 0 Å². The van der Waals surface area contributed by atoms with Crippen molar-refractivity contribution in [3.63, 3.8) is 0 Å². The van der Waals surface area contributed by atoms with E-state index in [0.717, 1.165) is 6.07 Å². The number of non-ortho nitro benzene ring substituents is 1. The molecule has 1 aromatic carbocycles. The highest BCUT2D eigenvalue weighted by atomic mass is 19.1. The summed E-state index contributed by atoms with van der Waals surface area (Å²) in [5.74, 6) is -0.508. The van der Waals surface area contributed by atoms with Crippen molar-refractivity contribution in [2.75, 3.05) is 0 Å². The van der Waals surface area contributed by atoms with Crippen LogP contribution in [0.15, 0.2) is 18.2 Å². The van der Waals surface area contributed by atoms with Gasteiger partial charge in [0.2, 0.25) is 0 Å². The molecular formula is C8H8FNO2. The molecule has 4 heteroatoms. The van der Waals surface area contributed by atoms with Crippen LogP contribution in [0, 0.1) is 15.9 Å². The first-order chi connectivity index (χ1) is 5.65. The monoisotopic (exact) mass is 169 g/mol. The van der Waals surface area contributed by atoms with Gasteiger partial charge >= 0.3 is 0 Å². The molecule has 0 spiro atoms. The van der Waals surface area contributed by atoms with Gasteiger partial charge in [0.05, 0.1) is 11.0 Å². The zero-order valence-corrected chi connectivity index (χ0v) is 6.58. The first kappa shape index (κ1) is 8.64. The van der Waals surface area contributed by atoms with Crippen LogP contribution in [0.4, 0.5) is 10.1 Å². The van der Waals surface area contributed by atoms with E-state index in [0.29, 0.717) is 12.0 Å². The molecule has 0 heterocycles. The van der Waals surface area contributed by atoms with Gasteiger partial charge in [-0.1, -0.05) is 6.92 Å². The van der Waals surface area contributed by atoms with Gasteiger partial charge in [-0.15, -0.1) is 0 Å². The van der Waals surface area contributed by atoms with Crippen molar-refractivity contribution < 1.29 is 9.31 Å². The average molecular weight is 169 g/mol. The molecule has 1 rings (SSSR count). The molecule has 0 aromatic heterocycles. The molecule has 0 fully saturated rings. The first-order valence-corrected chi connectivity index (χ1v) is 3.58. The van der Waals surface area contributed by atoms with Gasteiger partial charge in [-0.25, -0.2) is 4.39 Å². The van der Waals surface area contributed by atoms with E-state index in [1.807, 2.05) is 0 Å². The van der Waals surface area contributed by atoms with Gasteiger partial charge in [0, 0.05) is 6.07 Å². The summed E-state index contributed by atoms with van der Waals surface area (Å²) in [6.45, 7) is 1.80. The molecule has 0 amide bonds. The lowest BCUT2D eigenvalue weighted by Gasteiger charge is -1.97. The van der Waals surface area contributed by atoms with Crippen LogP contribution in [-0.4, -0.2) is 4.92 Å². The van der Waals surface area contributed by atoms with Crippen molar-refractivity contribution in [3.8, 4) is 0 Å². The van der Waals surface area contributed by atoms with Gasteiger partial charge in [0.25, 0.3) is 5.69 Å². The van der Waals surface area contributed by atoms with Crippen LogP contribution >= 0.6 is 0 Å². The second-order valence-corrected chi connectivity index (χ2v) is 2.39. The summed E-state index contributed by atoms with van der Waals surface area (Å²) in [6, 6.07) is 3.69. The number of hydrogen-bond acceptors (Lipinski definition) is 2. The molecule has 0 bridgehead atoms. The van der Waals surface area contributed by atoms with E-state index in [1.165, 1.54) is 12.1 Å². The Morgan fingerprint density at radius 3 is 2.67 bits per heavy atom. The molecule has 3 nitrogen and oxygen atoms in total. The van der Waals surface area contributed by atoms with E-state index < -0.39 is 10.7 Å². The minimum Gasteiger partial charge on any atom is -0.258 e. The fraction of sp³-hybridized carbons (Fsp3) is 0.250. The zero-order chi connectivity index (χ0) is 9.14. The quantitative estimate of drug-likeness (QED) is 0.503. The van der Waals surface area contributed by atoms with Gasteiger partial charge in [0.1, 0.15) is 5.82 Å². The van der Waals surface area contributed by atoms with Crippen molar-refractivity contribution in [3.05, 3.63) is 39.7 Å². The highest BCUT2D eigenvalue weighted by Gasteiger charge is 2.08. The SMILES string of the molecule is CCc1ccc([N+](=O)[O-])cc1F. The maximum absolute atomic E-state index is 12.9. The highest BCUT2D eigenvalue weighted by Crippen LogP contribution is 2.16. The molecule has 64 valence electrons. The lowest BCUT2D eigenvalue weighted by molar-refractivity contribution is -0.385. The summed E-state index contributed by atoms with van der Waals surface area (Å²) < 4.78 is 12.9. The molecule has 0 atom stereocenters. The van der Waals surface area contributed by atoms with Gasteiger partial charge in [-0.3, -0.25) is 10.1 Å². The molecule has 0 N–H and O–H groups in total. The Kier molecular flexibility index (Phi) is 2.38. The number of aryl methyl sites for hydroxylation is 1. The van der Waals surface area contributed by atoms with E-state index in [2.05, 4.69) is 0 Å². The number of halogens is 1. The lowest BCUT2D eigenvalue weighted by Crippen LogP contribution is -1.92. The number of rotatable bonds is 2. The second-order valence-electron chi connectivity index (χ2n) is 2.39. The minimum absolute atomic E-state index is 0.204. The van der Waals surface area contributed by atoms with Crippen LogP contribution in [0.1, 0.15) is 12.5 Å². The van der Waals surface area contributed by atoms with Crippen molar-refractivity contribution in [1.82, 2.24) is 0 Å². The number of nitrogens with zero attached hydrogens (tertiary/aromatic N) is 1. The molecular weight excluding hydrogens is 161 g/mol. The summed E-state index contributed by atoms with van der Waals surface area (Å²) in [5, 5.41) is 10.2. The molecule has 0 saturated carbocycles. The van der Waals surface area contributed by atoms with E-state index in [1.54, 1.807) is 6.92 Å². The van der Waals surface area contributed by atoms with Crippen molar-refractivity contribution >= 4 is 5.69 Å².